The molecule has 1 N–H and O–H groups in total. The summed E-state index contributed by atoms with van der Waals surface area (Å²) in [4.78, 5) is 14.4. The summed E-state index contributed by atoms with van der Waals surface area (Å²) in [5.41, 5.74) is 0.693. The van der Waals surface area contributed by atoms with Gasteiger partial charge in [-0.1, -0.05) is 13.8 Å². The smallest absolute Gasteiger partial charge is 0.290 e. The van der Waals surface area contributed by atoms with Gasteiger partial charge in [0.05, 0.1) is 4.92 Å². The molecule has 0 aliphatic heterocycles. The highest BCUT2D eigenvalue weighted by atomic mass is 32.2. The van der Waals surface area contributed by atoms with Crippen LogP contribution in [0, 0.1) is 17.0 Å². The monoisotopic (exact) mass is 283 g/mol. The minimum absolute atomic E-state index is 0.0627. The van der Waals surface area contributed by atoms with Gasteiger partial charge < -0.3 is 5.32 Å². The Morgan fingerprint density at radius 2 is 2.11 bits per heavy atom. The van der Waals surface area contributed by atoms with Crippen molar-refractivity contribution < 1.29 is 4.92 Å². The summed E-state index contributed by atoms with van der Waals surface area (Å²) in [6.45, 7) is 6.89. The molecule has 0 unspecified atom stereocenters. The Morgan fingerprint density at radius 1 is 1.47 bits per heavy atom. The Morgan fingerprint density at radius 3 is 2.53 bits per heavy atom. The van der Waals surface area contributed by atoms with Crippen molar-refractivity contribution in [3.8, 4) is 0 Å². The molecule has 0 radical (unpaired) electrons. The number of nitro groups is 1. The van der Waals surface area contributed by atoms with Crippen molar-refractivity contribution >= 4 is 23.3 Å². The van der Waals surface area contributed by atoms with E-state index in [9.17, 15) is 10.1 Å². The van der Waals surface area contributed by atoms with Crippen LogP contribution in [0.15, 0.2) is 12.3 Å². The molecular weight excluding hydrogens is 262 g/mol. The van der Waals surface area contributed by atoms with Crippen LogP contribution in [0.25, 0.3) is 0 Å². The van der Waals surface area contributed by atoms with E-state index in [0.29, 0.717) is 11.4 Å². The van der Waals surface area contributed by atoms with Gasteiger partial charge in [-0.05, 0) is 32.1 Å². The van der Waals surface area contributed by atoms with E-state index in [-0.39, 0.29) is 10.4 Å². The van der Waals surface area contributed by atoms with Crippen molar-refractivity contribution in [2.24, 2.45) is 0 Å². The summed E-state index contributed by atoms with van der Waals surface area (Å²) < 4.78 is 0.192. The van der Waals surface area contributed by atoms with Crippen molar-refractivity contribution in [3.63, 3.8) is 0 Å². The van der Waals surface area contributed by atoms with Crippen molar-refractivity contribution in [1.29, 1.82) is 0 Å². The van der Waals surface area contributed by atoms with Gasteiger partial charge >= 0.3 is 0 Å². The second kappa shape index (κ2) is 6.75. The maximum Gasteiger partial charge on any atom is 0.290 e. The predicted molar refractivity (Wildman–Crippen MR) is 80.9 cm³/mol. The molecule has 0 fully saturated rings. The zero-order valence-electron chi connectivity index (χ0n) is 11.9. The van der Waals surface area contributed by atoms with Gasteiger partial charge in [-0.15, -0.1) is 0 Å². The summed E-state index contributed by atoms with van der Waals surface area (Å²) in [5.74, 6) is 0.698. The van der Waals surface area contributed by atoms with Crippen LogP contribution in [-0.2, 0) is 0 Å². The van der Waals surface area contributed by atoms with E-state index in [1.54, 1.807) is 13.0 Å². The third-order valence-electron chi connectivity index (χ3n) is 3.59. The number of aromatic nitrogens is 1. The first-order valence-corrected chi connectivity index (χ1v) is 7.60. The van der Waals surface area contributed by atoms with Crippen molar-refractivity contribution in [3.05, 3.63) is 27.9 Å². The molecule has 0 saturated heterocycles. The molecule has 1 rings (SSSR count). The van der Waals surface area contributed by atoms with Crippen LogP contribution in [0.4, 0.5) is 11.5 Å². The van der Waals surface area contributed by atoms with Gasteiger partial charge in [0.2, 0.25) is 0 Å². The number of pyridine rings is 1. The number of rotatable bonds is 7. The van der Waals surface area contributed by atoms with Gasteiger partial charge in [-0.25, -0.2) is 4.98 Å². The van der Waals surface area contributed by atoms with Crippen LogP contribution in [0.1, 0.15) is 32.3 Å². The molecule has 6 heteroatoms. The second-order valence-electron chi connectivity index (χ2n) is 4.56. The zero-order chi connectivity index (χ0) is 14.5. The van der Waals surface area contributed by atoms with E-state index in [2.05, 4.69) is 30.4 Å². The lowest BCUT2D eigenvalue weighted by molar-refractivity contribution is -0.385. The molecule has 0 aromatic carbocycles. The fourth-order valence-corrected chi connectivity index (χ4v) is 2.74. The lowest BCUT2D eigenvalue weighted by Gasteiger charge is -2.30. The molecule has 0 spiro atoms. The zero-order valence-corrected chi connectivity index (χ0v) is 12.7. The highest BCUT2D eigenvalue weighted by Gasteiger charge is 2.24. The van der Waals surface area contributed by atoms with Crippen LogP contribution in [0.5, 0.6) is 0 Å². The van der Waals surface area contributed by atoms with Gasteiger partial charge in [0, 0.05) is 16.9 Å². The molecule has 1 heterocycles. The number of anilines is 1. The molecule has 0 saturated carbocycles. The maximum atomic E-state index is 10.7. The van der Waals surface area contributed by atoms with Gasteiger partial charge in [-0.2, -0.15) is 11.8 Å². The minimum atomic E-state index is -0.406. The van der Waals surface area contributed by atoms with Crippen LogP contribution in [-0.4, -0.2) is 27.5 Å². The van der Waals surface area contributed by atoms with Gasteiger partial charge in [0.25, 0.3) is 5.69 Å². The molecule has 0 amide bonds. The molecular formula is C13H21N3O2S. The fourth-order valence-electron chi connectivity index (χ4n) is 1.95. The van der Waals surface area contributed by atoms with E-state index < -0.39 is 4.92 Å². The van der Waals surface area contributed by atoms with Crippen LogP contribution >= 0.6 is 11.8 Å². The topological polar surface area (TPSA) is 68.1 Å². The number of hydrogen-bond acceptors (Lipinski definition) is 5. The predicted octanol–water partition coefficient (Wildman–Crippen LogP) is 3.63. The molecule has 0 atom stereocenters. The minimum Gasteiger partial charge on any atom is -0.369 e. The standard InChI is InChI=1S/C13H21N3O2S/c1-5-13(6-2,19-4)9-15-12-7-10(3)11(8-14-12)16(17)18/h7-8H,5-6,9H2,1-4H3,(H,14,15). The summed E-state index contributed by atoms with van der Waals surface area (Å²) >= 11 is 1.85. The Balaban J connectivity index is 2.78. The molecule has 5 nitrogen and oxygen atoms in total. The van der Waals surface area contributed by atoms with Gasteiger partial charge in [-0.3, -0.25) is 10.1 Å². The van der Waals surface area contributed by atoms with Gasteiger partial charge in [0.15, 0.2) is 0 Å². The maximum absolute atomic E-state index is 10.7. The Kier molecular flexibility index (Phi) is 5.60. The van der Waals surface area contributed by atoms with E-state index >= 15 is 0 Å². The number of aryl methyl sites for hydroxylation is 1. The second-order valence-corrected chi connectivity index (χ2v) is 5.84. The molecule has 0 aliphatic rings. The van der Waals surface area contributed by atoms with Crippen molar-refractivity contribution in [1.82, 2.24) is 4.98 Å². The van der Waals surface area contributed by atoms with Crippen LogP contribution in [0.3, 0.4) is 0 Å². The Bertz CT molecular complexity index is 439. The molecule has 19 heavy (non-hydrogen) atoms. The first kappa shape index (κ1) is 15.8. The van der Waals surface area contributed by atoms with Gasteiger partial charge in [0.1, 0.15) is 12.0 Å². The van der Waals surface area contributed by atoms with Crippen molar-refractivity contribution in [2.45, 2.75) is 38.4 Å². The number of nitrogens with one attached hydrogen (secondary N) is 1. The van der Waals surface area contributed by atoms with E-state index in [0.717, 1.165) is 19.4 Å². The highest BCUT2D eigenvalue weighted by molar-refractivity contribution is 8.00. The highest BCUT2D eigenvalue weighted by Crippen LogP contribution is 2.30. The molecule has 1 aromatic rings. The molecule has 0 bridgehead atoms. The SMILES string of the molecule is CCC(CC)(CNc1cc(C)c([N+](=O)[O-])cn1)SC. The molecule has 0 aliphatic carbocycles. The van der Waals surface area contributed by atoms with Crippen LogP contribution in [0.2, 0.25) is 0 Å². The third-order valence-corrected chi connectivity index (χ3v) is 5.18. The lowest BCUT2D eigenvalue weighted by Crippen LogP contribution is -2.32. The number of nitrogens with zero attached hydrogens (tertiary/aromatic N) is 2. The summed E-state index contributed by atoms with van der Waals surface area (Å²) in [6.07, 6.45) is 5.58. The molecule has 1 aromatic heterocycles. The summed E-state index contributed by atoms with van der Waals surface area (Å²) in [6, 6.07) is 1.73. The largest absolute Gasteiger partial charge is 0.369 e. The lowest BCUT2D eigenvalue weighted by atomic mass is 10.0. The Labute approximate surface area is 118 Å². The average Bonchev–Trinajstić information content (AvgIpc) is 2.40. The Hall–Kier alpha value is -1.30. The quantitative estimate of drug-likeness (QED) is 0.611. The first-order chi connectivity index (χ1) is 8.98. The normalized spacial score (nSPS) is 11.4. The number of hydrogen-bond donors (Lipinski definition) is 1. The molecule has 106 valence electrons. The third kappa shape index (κ3) is 3.83. The van der Waals surface area contributed by atoms with E-state index in [1.165, 1.54) is 6.20 Å². The van der Waals surface area contributed by atoms with E-state index in [4.69, 9.17) is 0 Å². The van der Waals surface area contributed by atoms with E-state index in [1.807, 2.05) is 11.8 Å². The fraction of sp³-hybridized carbons (Fsp3) is 0.615. The average molecular weight is 283 g/mol. The van der Waals surface area contributed by atoms with Crippen molar-refractivity contribution in [2.75, 3.05) is 18.1 Å². The number of thioether (sulfide) groups is 1. The summed E-state index contributed by atoms with van der Waals surface area (Å²) in [7, 11) is 0. The van der Waals surface area contributed by atoms with Crippen LogP contribution < -0.4 is 5.32 Å². The first-order valence-electron chi connectivity index (χ1n) is 6.38. The summed E-state index contributed by atoms with van der Waals surface area (Å²) in [5, 5.41) is 14.0.